The molecule has 0 aliphatic rings. The van der Waals surface area contributed by atoms with Gasteiger partial charge < -0.3 is 5.73 Å². The molecule has 4 heteroatoms. The van der Waals surface area contributed by atoms with Gasteiger partial charge in [0.25, 0.3) is 0 Å². The molecule has 0 saturated heterocycles. The number of hydrogen-bond donors (Lipinski definition) is 1. The van der Waals surface area contributed by atoms with Gasteiger partial charge in [0.15, 0.2) is 0 Å². The van der Waals surface area contributed by atoms with Gasteiger partial charge in [-0.1, -0.05) is 56.1 Å². The maximum atomic E-state index is 6.33. The van der Waals surface area contributed by atoms with Crippen LogP contribution in [0.4, 0.5) is 0 Å². The standard InChI is InChI=1S/C17H14Br2N2/c18-13-7-12(8-14(19)9-13)16(20)10-15-6-5-11-3-1-2-4-17(11)21-15/h1-9,16H,10,20H2. The number of halogens is 2. The van der Waals surface area contributed by atoms with Crippen molar-refractivity contribution in [3.63, 3.8) is 0 Å². The van der Waals surface area contributed by atoms with E-state index in [4.69, 9.17) is 5.73 Å². The summed E-state index contributed by atoms with van der Waals surface area (Å²) in [6.45, 7) is 0. The van der Waals surface area contributed by atoms with Crippen LogP contribution in [0.15, 0.2) is 63.5 Å². The van der Waals surface area contributed by atoms with E-state index in [0.717, 1.165) is 31.1 Å². The fourth-order valence-electron chi connectivity index (χ4n) is 2.35. The minimum Gasteiger partial charge on any atom is -0.324 e. The second-order valence-electron chi connectivity index (χ2n) is 5.01. The molecule has 0 aliphatic heterocycles. The zero-order valence-electron chi connectivity index (χ0n) is 11.3. The predicted octanol–water partition coefficient (Wildman–Crippen LogP) is 5.00. The fraction of sp³-hybridized carbons (Fsp3) is 0.118. The molecule has 0 fully saturated rings. The first kappa shape index (κ1) is 14.7. The number of para-hydroxylation sites is 1. The maximum absolute atomic E-state index is 6.33. The van der Waals surface area contributed by atoms with Gasteiger partial charge in [0.2, 0.25) is 0 Å². The SMILES string of the molecule is NC(Cc1ccc2ccccc2n1)c1cc(Br)cc(Br)c1. The lowest BCUT2D eigenvalue weighted by Crippen LogP contribution is -2.14. The average Bonchev–Trinajstić information content (AvgIpc) is 2.46. The first-order valence-corrected chi connectivity index (χ1v) is 8.27. The topological polar surface area (TPSA) is 38.9 Å². The van der Waals surface area contributed by atoms with E-state index >= 15 is 0 Å². The van der Waals surface area contributed by atoms with Crippen molar-refractivity contribution in [2.45, 2.75) is 12.5 Å². The van der Waals surface area contributed by atoms with Crippen LogP contribution >= 0.6 is 31.9 Å². The first-order valence-electron chi connectivity index (χ1n) is 6.68. The molecule has 0 saturated carbocycles. The number of rotatable bonds is 3. The van der Waals surface area contributed by atoms with Crippen molar-refractivity contribution in [3.05, 3.63) is 74.8 Å². The van der Waals surface area contributed by atoms with E-state index in [1.807, 2.05) is 24.3 Å². The van der Waals surface area contributed by atoms with Gasteiger partial charge in [-0.25, -0.2) is 0 Å². The van der Waals surface area contributed by atoms with Crippen LogP contribution in [-0.4, -0.2) is 4.98 Å². The molecule has 106 valence electrons. The monoisotopic (exact) mass is 404 g/mol. The molecule has 0 amide bonds. The Balaban J connectivity index is 1.86. The van der Waals surface area contributed by atoms with Crippen LogP contribution < -0.4 is 5.73 Å². The van der Waals surface area contributed by atoms with Gasteiger partial charge in [-0.3, -0.25) is 4.98 Å². The second kappa shape index (κ2) is 6.26. The van der Waals surface area contributed by atoms with Crippen molar-refractivity contribution in [1.29, 1.82) is 0 Å². The van der Waals surface area contributed by atoms with Crippen LogP contribution in [-0.2, 0) is 6.42 Å². The van der Waals surface area contributed by atoms with Gasteiger partial charge >= 0.3 is 0 Å². The largest absolute Gasteiger partial charge is 0.324 e. The Bertz CT molecular complexity index is 766. The van der Waals surface area contributed by atoms with E-state index in [2.05, 4.69) is 67.2 Å². The summed E-state index contributed by atoms with van der Waals surface area (Å²) in [6, 6.07) is 18.3. The molecular weight excluding hydrogens is 392 g/mol. The van der Waals surface area contributed by atoms with Crippen molar-refractivity contribution < 1.29 is 0 Å². The molecule has 1 unspecified atom stereocenters. The van der Waals surface area contributed by atoms with Gasteiger partial charge in [-0.05, 0) is 35.9 Å². The molecule has 0 spiro atoms. The van der Waals surface area contributed by atoms with Crippen LogP contribution in [0.2, 0.25) is 0 Å². The summed E-state index contributed by atoms with van der Waals surface area (Å²) in [5, 5.41) is 1.15. The predicted molar refractivity (Wildman–Crippen MR) is 94.2 cm³/mol. The molecule has 3 rings (SSSR count). The zero-order valence-corrected chi connectivity index (χ0v) is 14.4. The van der Waals surface area contributed by atoms with E-state index in [1.165, 1.54) is 0 Å². The highest BCUT2D eigenvalue weighted by molar-refractivity contribution is 9.11. The third-order valence-electron chi connectivity index (χ3n) is 3.40. The third-order valence-corrected chi connectivity index (χ3v) is 4.31. The Morgan fingerprint density at radius 1 is 0.952 bits per heavy atom. The Labute approximate surface area is 140 Å². The molecule has 21 heavy (non-hydrogen) atoms. The highest BCUT2D eigenvalue weighted by Gasteiger charge is 2.10. The molecular formula is C17H14Br2N2. The number of hydrogen-bond acceptors (Lipinski definition) is 2. The number of benzene rings is 2. The number of nitrogens with zero attached hydrogens (tertiary/aromatic N) is 1. The van der Waals surface area contributed by atoms with Crippen molar-refractivity contribution in [3.8, 4) is 0 Å². The molecule has 0 bridgehead atoms. The van der Waals surface area contributed by atoms with E-state index in [-0.39, 0.29) is 6.04 Å². The molecule has 3 aromatic rings. The number of aromatic nitrogens is 1. The zero-order chi connectivity index (χ0) is 14.8. The summed E-state index contributed by atoms with van der Waals surface area (Å²) in [6.07, 6.45) is 0.716. The highest BCUT2D eigenvalue weighted by atomic mass is 79.9. The quantitative estimate of drug-likeness (QED) is 0.665. The first-order chi connectivity index (χ1) is 10.1. The van der Waals surface area contributed by atoms with Crippen molar-refractivity contribution in [2.75, 3.05) is 0 Å². The van der Waals surface area contributed by atoms with E-state index in [1.54, 1.807) is 0 Å². The van der Waals surface area contributed by atoms with Crippen LogP contribution in [0, 0.1) is 0 Å². The minimum absolute atomic E-state index is 0.0764. The third kappa shape index (κ3) is 3.51. The van der Waals surface area contributed by atoms with Gasteiger partial charge in [0.05, 0.1) is 5.52 Å². The van der Waals surface area contributed by atoms with Crippen molar-refractivity contribution in [1.82, 2.24) is 4.98 Å². The lowest BCUT2D eigenvalue weighted by atomic mass is 10.0. The molecule has 2 N–H and O–H groups in total. The summed E-state index contributed by atoms with van der Waals surface area (Å²) in [5.41, 5.74) is 9.44. The highest BCUT2D eigenvalue weighted by Crippen LogP contribution is 2.25. The van der Waals surface area contributed by atoms with Crippen LogP contribution in [0.1, 0.15) is 17.3 Å². The van der Waals surface area contributed by atoms with E-state index < -0.39 is 0 Å². The van der Waals surface area contributed by atoms with Crippen LogP contribution in [0.3, 0.4) is 0 Å². The molecule has 1 heterocycles. The Kier molecular flexibility index (Phi) is 4.38. The van der Waals surface area contributed by atoms with Crippen LogP contribution in [0.25, 0.3) is 10.9 Å². The summed E-state index contributed by atoms with van der Waals surface area (Å²) < 4.78 is 2.04. The second-order valence-corrected chi connectivity index (χ2v) is 6.84. The summed E-state index contributed by atoms with van der Waals surface area (Å²) in [4.78, 5) is 4.68. The molecule has 2 nitrogen and oxygen atoms in total. The average molecular weight is 406 g/mol. The van der Waals surface area contributed by atoms with Gasteiger partial charge in [-0.2, -0.15) is 0 Å². The minimum atomic E-state index is -0.0764. The summed E-state index contributed by atoms with van der Waals surface area (Å²) >= 11 is 7.00. The fourth-order valence-corrected chi connectivity index (χ4v) is 3.68. The van der Waals surface area contributed by atoms with Gasteiger partial charge in [-0.15, -0.1) is 0 Å². The Morgan fingerprint density at radius 2 is 1.67 bits per heavy atom. The molecule has 2 aromatic carbocycles. The normalized spacial score (nSPS) is 12.5. The Morgan fingerprint density at radius 3 is 2.43 bits per heavy atom. The Hall–Kier alpha value is -1.23. The lowest BCUT2D eigenvalue weighted by Gasteiger charge is -2.13. The van der Waals surface area contributed by atoms with Crippen molar-refractivity contribution in [2.24, 2.45) is 5.73 Å². The van der Waals surface area contributed by atoms with E-state index in [0.29, 0.717) is 6.42 Å². The molecule has 1 atom stereocenters. The molecule has 0 radical (unpaired) electrons. The summed E-state index contributed by atoms with van der Waals surface area (Å²) in [5.74, 6) is 0. The van der Waals surface area contributed by atoms with Crippen molar-refractivity contribution >= 4 is 42.8 Å². The summed E-state index contributed by atoms with van der Waals surface area (Å²) in [7, 11) is 0. The number of nitrogens with two attached hydrogens (primary N) is 1. The number of pyridine rings is 1. The maximum Gasteiger partial charge on any atom is 0.0705 e. The van der Waals surface area contributed by atoms with E-state index in [9.17, 15) is 0 Å². The van der Waals surface area contributed by atoms with Crippen LogP contribution in [0.5, 0.6) is 0 Å². The van der Waals surface area contributed by atoms with Gasteiger partial charge in [0, 0.05) is 32.5 Å². The molecule has 0 aliphatic carbocycles. The molecule has 1 aromatic heterocycles. The number of fused-ring (bicyclic) bond motifs is 1. The smallest absolute Gasteiger partial charge is 0.0705 e. The van der Waals surface area contributed by atoms with Gasteiger partial charge in [0.1, 0.15) is 0 Å². The lowest BCUT2D eigenvalue weighted by molar-refractivity contribution is 0.708.